The molecule has 0 radical (unpaired) electrons. The summed E-state index contributed by atoms with van der Waals surface area (Å²) in [5.74, 6) is -1.25. The minimum Gasteiger partial charge on any atom is -0.450 e. The number of likely N-dealkylation sites (N-methyl/N-ethyl adjacent to an activating group) is 1. The Balaban J connectivity index is 1.49. The van der Waals surface area contributed by atoms with Gasteiger partial charge in [0.05, 0.1) is 17.2 Å². The van der Waals surface area contributed by atoms with E-state index in [0.29, 0.717) is 18.5 Å². The number of benzene rings is 1. The van der Waals surface area contributed by atoms with Gasteiger partial charge in [-0.25, -0.2) is 13.2 Å². The van der Waals surface area contributed by atoms with Crippen molar-refractivity contribution in [3.8, 4) is 0 Å². The average molecular weight is 439 g/mol. The van der Waals surface area contributed by atoms with E-state index in [1.165, 1.54) is 35.5 Å². The van der Waals surface area contributed by atoms with Crippen LogP contribution in [-0.2, 0) is 29.0 Å². The highest BCUT2D eigenvalue weighted by atomic mass is 32.2. The number of fused-ring (bicyclic) bond motifs is 3. The van der Waals surface area contributed by atoms with Crippen molar-refractivity contribution in [1.29, 1.82) is 0 Å². The van der Waals surface area contributed by atoms with Crippen molar-refractivity contribution in [3.05, 3.63) is 24.3 Å². The van der Waals surface area contributed by atoms with Gasteiger partial charge in [-0.3, -0.25) is 14.5 Å². The van der Waals surface area contributed by atoms with Crippen LogP contribution in [0.3, 0.4) is 0 Å². The zero-order valence-electron chi connectivity index (χ0n) is 16.2. The van der Waals surface area contributed by atoms with E-state index in [9.17, 15) is 22.8 Å². The molecule has 0 spiro atoms. The summed E-state index contributed by atoms with van der Waals surface area (Å²) >= 11 is 1.28. The lowest BCUT2D eigenvalue weighted by Crippen LogP contribution is -2.51. The first-order chi connectivity index (χ1) is 13.6. The number of amides is 2. The van der Waals surface area contributed by atoms with E-state index in [0.717, 1.165) is 4.90 Å². The second-order valence-corrected chi connectivity index (χ2v) is 11.2. The van der Waals surface area contributed by atoms with Gasteiger partial charge in [-0.15, -0.1) is 0 Å². The van der Waals surface area contributed by atoms with Crippen molar-refractivity contribution in [2.75, 3.05) is 23.5 Å². The number of hydrogen-bond acceptors (Lipinski definition) is 7. The quantitative estimate of drug-likeness (QED) is 0.651. The topological polar surface area (TPSA) is 101 Å². The molecular formula is C19H22N2O6S2. The van der Waals surface area contributed by atoms with Crippen molar-refractivity contribution in [2.24, 2.45) is 0 Å². The van der Waals surface area contributed by atoms with E-state index in [1.807, 2.05) is 18.2 Å². The lowest BCUT2D eigenvalue weighted by atomic mass is 10.2. The predicted molar refractivity (Wildman–Crippen MR) is 107 cm³/mol. The maximum atomic E-state index is 13.1. The second kappa shape index (κ2) is 7.02. The third-order valence-corrected chi connectivity index (χ3v) is 8.93. The smallest absolute Gasteiger partial charge is 0.344 e. The number of esters is 1. The first-order valence-corrected chi connectivity index (χ1v) is 12.1. The monoisotopic (exact) mass is 438 g/mol. The van der Waals surface area contributed by atoms with E-state index < -0.39 is 38.7 Å². The van der Waals surface area contributed by atoms with E-state index in [2.05, 4.69) is 0 Å². The molecule has 4 rings (SSSR count). The average Bonchev–Trinajstić information content (AvgIpc) is 3.32. The third kappa shape index (κ3) is 3.31. The fourth-order valence-electron chi connectivity index (χ4n) is 4.12. The number of ether oxygens (including phenoxy) is 1. The van der Waals surface area contributed by atoms with Crippen molar-refractivity contribution >= 4 is 45.1 Å². The lowest BCUT2D eigenvalue weighted by molar-refractivity contribution is -0.161. The number of carbonyl (C=O) groups is 3. The Bertz CT molecular complexity index is 994. The standard InChI is InChI=1S/C19H22N2O6S2/c1-12(17(23)20(2)13-8-10-29(25,26)11-13)27-18(24)19-9-7-16(22)21(19)14-5-3-4-6-15(14)28-19/h3-6,12-13H,7-11H2,1-2H3/t12-,13+,19-/m0/s1. The Labute approximate surface area is 173 Å². The summed E-state index contributed by atoms with van der Waals surface area (Å²) in [7, 11) is -1.60. The Morgan fingerprint density at radius 2 is 2.07 bits per heavy atom. The molecule has 3 heterocycles. The summed E-state index contributed by atoms with van der Waals surface area (Å²) in [6.45, 7) is 1.48. The van der Waals surface area contributed by atoms with Crippen LogP contribution in [0.15, 0.2) is 29.2 Å². The molecule has 0 bridgehead atoms. The van der Waals surface area contributed by atoms with E-state index in [4.69, 9.17) is 4.74 Å². The number of sulfone groups is 1. The third-order valence-electron chi connectivity index (χ3n) is 5.73. The molecule has 10 heteroatoms. The van der Waals surface area contributed by atoms with Crippen LogP contribution in [0.4, 0.5) is 5.69 Å². The van der Waals surface area contributed by atoms with Crippen LogP contribution in [0.5, 0.6) is 0 Å². The van der Waals surface area contributed by atoms with Crippen LogP contribution in [0.1, 0.15) is 26.2 Å². The summed E-state index contributed by atoms with van der Waals surface area (Å²) in [5.41, 5.74) is 0.684. The number of para-hydroxylation sites is 1. The Kier molecular flexibility index (Phi) is 4.89. The molecule has 2 amide bonds. The van der Waals surface area contributed by atoms with Crippen LogP contribution in [-0.4, -0.2) is 66.7 Å². The van der Waals surface area contributed by atoms with Crippen LogP contribution >= 0.6 is 11.8 Å². The van der Waals surface area contributed by atoms with Crippen LogP contribution in [0, 0.1) is 0 Å². The lowest BCUT2D eigenvalue weighted by Gasteiger charge is -2.31. The van der Waals surface area contributed by atoms with Gasteiger partial charge < -0.3 is 9.64 Å². The molecule has 0 N–H and O–H groups in total. The molecule has 2 fully saturated rings. The Hall–Kier alpha value is -2.07. The van der Waals surface area contributed by atoms with Crippen LogP contribution in [0.2, 0.25) is 0 Å². The van der Waals surface area contributed by atoms with Crippen LogP contribution in [0.25, 0.3) is 0 Å². The van der Waals surface area contributed by atoms with E-state index >= 15 is 0 Å². The fourth-order valence-corrected chi connectivity index (χ4v) is 7.30. The van der Waals surface area contributed by atoms with Gasteiger partial charge >= 0.3 is 5.97 Å². The van der Waals surface area contributed by atoms with Gasteiger partial charge in [0.1, 0.15) is 0 Å². The number of thioether (sulfide) groups is 1. The first-order valence-electron chi connectivity index (χ1n) is 9.44. The maximum Gasteiger partial charge on any atom is 0.344 e. The van der Waals surface area contributed by atoms with Gasteiger partial charge in [-0.05, 0) is 25.5 Å². The fraction of sp³-hybridized carbons (Fsp3) is 0.526. The molecule has 3 atom stereocenters. The molecule has 2 saturated heterocycles. The number of hydrogen-bond donors (Lipinski definition) is 0. The minimum absolute atomic E-state index is 0.0541. The summed E-state index contributed by atoms with van der Waals surface area (Å²) in [6.07, 6.45) is -0.157. The highest BCUT2D eigenvalue weighted by Gasteiger charge is 2.59. The molecule has 1 aromatic rings. The minimum atomic E-state index is -3.13. The van der Waals surface area contributed by atoms with Gasteiger partial charge in [-0.2, -0.15) is 0 Å². The van der Waals surface area contributed by atoms with Gasteiger partial charge in [0.15, 0.2) is 20.8 Å². The normalized spacial score (nSPS) is 28.0. The molecule has 3 aliphatic heterocycles. The molecule has 156 valence electrons. The maximum absolute atomic E-state index is 13.1. The summed E-state index contributed by atoms with van der Waals surface area (Å²) in [4.78, 5) is 40.8. The Morgan fingerprint density at radius 3 is 2.76 bits per heavy atom. The summed E-state index contributed by atoms with van der Waals surface area (Å²) in [6, 6.07) is 6.88. The van der Waals surface area contributed by atoms with Crippen molar-refractivity contribution in [3.63, 3.8) is 0 Å². The SMILES string of the molecule is C[C@H](OC(=O)[C@@]12CCC(=O)N1c1ccccc1S2)C(=O)N(C)[C@@H]1CCS(=O)(=O)C1. The van der Waals surface area contributed by atoms with E-state index in [1.54, 1.807) is 6.07 Å². The molecule has 0 saturated carbocycles. The molecule has 0 aromatic heterocycles. The zero-order valence-corrected chi connectivity index (χ0v) is 17.8. The summed E-state index contributed by atoms with van der Waals surface area (Å²) < 4.78 is 28.9. The van der Waals surface area contributed by atoms with Gasteiger partial charge in [0, 0.05) is 30.8 Å². The van der Waals surface area contributed by atoms with Crippen molar-refractivity contribution in [2.45, 2.75) is 48.1 Å². The summed E-state index contributed by atoms with van der Waals surface area (Å²) in [5, 5.41) is 0. The van der Waals surface area contributed by atoms with Gasteiger partial charge in [-0.1, -0.05) is 23.9 Å². The van der Waals surface area contributed by atoms with Crippen LogP contribution < -0.4 is 4.90 Å². The highest BCUT2D eigenvalue weighted by Crippen LogP contribution is 2.56. The largest absolute Gasteiger partial charge is 0.450 e. The number of nitrogens with zero attached hydrogens (tertiary/aromatic N) is 2. The molecule has 3 aliphatic rings. The molecule has 1 aromatic carbocycles. The van der Waals surface area contributed by atoms with Crippen molar-refractivity contribution < 1.29 is 27.5 Å². The van der Waals surface area contributed by atoms with Gasteiger partial charge in [0.25, 0.3) is 5.91 Å². The Morgan fingerprint density at radius 1 is 1.34 bits per heavy atom. The predicted octanol–water partition coefficient (Wildman–Crippen LogP) is 1.19. The van der Waals surface area contributed by atoms with Crippen molar-refractivity contribution in [1.82, 2.24) is 4.90 Å². The van der Waals surface area contributed by atoms with Gasteiger partial charge in [0.2, 0.25) is 5.91 Å². The number of carbonyl (C=O) groups excluding carboxylic acids is 3. The number of rotatable bonds is 4. The first kappa shape index (κ1) is 20.2. The molecular weight excluding hydrogens is 416 g/mol. The highest BCUT2D eigenvalue weighted by molar-refractivity contribution is 8.02. The molecule has 8 nitrogen and oxygen atoms in total. The molecule has 0 unspecified atom stereocenters. The van der Waals surface area contributed by atoms with E-state index in [-0.39, 0.29) is 23.8 Å². The number of anilines is 1. The molecule has 0 aliphatic carbocycles. The zero-order chi connectivity index (χ0) is 21.0. The molecule has 29 heavy (non-hydrogen) atoms. The second-order valence-electron chi connectivity index (χ2n) is 7.64.